The van der Waals surface area contributed by atoms with Crippen LogP contribution in [0.3, 0.4) is 0 Å². The lowest BCUT2D eigenvalue weighted by Gasteiger charge is -2.48. The highest BCUT2D eigenvalue weighted by atomic mass is 16.7. The van der Waals surface area contributed by atoms with Crippen molar-refractivity contribution in [3.63, 3.8) is 0 Å². The van der Waals surface area contributed by atoms with E-state index < -0.39 is 189 Å². The molecule has 17 N–H and O–H groups in total. The Hall–Kier alpha value is -5.70. The molecule has 2 fully saturated rings. The highest BCUT2D eigenvalue weighted by Crippen LogP contribution is 2.31. The Balaban J connectivity index is 2.21. The summed E-state index contributed by atoms with van der Waals surface area (Å²) >= 11 is 0. The smallest absolute Gasteiger partial charge is 0.326 e. The Morgan fingerprint density at radius 2 is 1.13 bits per heavy atom. The maximum Gasteiger partial charge on any atom is 0.326 e. The molecule has 398 valence electrons. The van der Waals surface area contributed by atoms with Gasteiger partial charge < -0.3 is 103 Å². The van der Waals surface area contributed by atoms with Crippen molar-refractivity contribution in [1.82, 2.24) is 37.2 Å². The van der Waals surface area contributed by atoms with Gasteiger partial charge in [0.1, 0.15) is 91.1 Å². The molecule has 17 atom stereocenters. The lowest BCUT2D eigenvalue weighted by Crippen LogP contribution is -2.70. The monoisotopic (exact) mass is 1010 g/mol. The third-order valence-electron chi connectivity index (χ3n) is 11.0. The van der Waals surface area contributed by atoms with E-state index in [4.69, 9.17) is 34.9 Å². The first-order valence-electron chi connectivity index (χ1n) is 22.0. The van der Waals surface area contributed by atoms with Crippen LogP contribution in [0.4, 0.5) is 0 Å². The van der Waals surface area contributed by atoms with Gasteiger partial charge in [-0.15, -0.1) is 0 Å². The van der Waals surface area contributed by atoms with E-state index in [0.717, 1.165) is 20.8 Å². The molecule has 0 aromatic carbocycles. The first kappa shape index (κ1) is 60.4. The zero-order valence-electron chi connectivity index (χ0n) is 39.1. The number of carbonyl (C=O) groups excluding carboxylic acids is 7. The molecular weight excluding hydrogens is 944 g/mol. The van der Waals surface area contributed by atoms with Gasteiger partial charge in [-0.1, -0.05) is 0 Å². The van der Waals surface area contributed by atoms with Gasteiger partial charge >= 0.3 is 17.9 Å². The number of rotatable bonds is 27. The van der Waals surface area contributed by atoms with E-state index in [0.29, 0.717) is 0 Å². The standard InChI is InChI=1S/C40H66N8O22/c1-14(32(56)44-16(3)36(60)61)43-35(59)21(9-7-8-20(41)37(62)63)47-25(53)11-10-22(38(64)65)48-33(57)15(2)42-34(58)17(4)67-31-27(46-19(6)52)39(66)68-24(13-50)30(31)70-40-26(45-18(5)51)29(55)28(54)23(12-49)69-40/h14-17,20-24,26-31,39-40,49-50,54-55,66H,7-13,41H2,1-6H3,(H,42,58)(H,43,59)(H,44,56)(H,45,51)(H,46,52)(H,47,53)(H,48,57)(H,60,61)(H,62,63)(H,64,65)/t14-,15+,16-,17-,20-,21+,22-,23-,24-,26-,27-,28-,29-,30-,31-,39?,40+/m1/s1. The molecule has 0 radical (unpaired) electrons. The number of carboxylic acid groups (broad SMARTS) is 3. The normalized spacial score (nSPS) is 27.3. The van der Waals surface area contributed by atoms with Gasteiger partial charge in [-0.2, -0.15) is 0 Å². The second-order valence-electron chi connectivity index (χ2n) is 16.7. The molecule has 7 amide bonds. The summed E-state index contributed by atoms with van der Waals surface area (Å²) in [6, 6.07) is -11.7. The SMILES string of the molecule is CC(=O)N[C@H]1[C@H](O[C@H]2[C@H](O[C@H](C)C(=O)N[C@@H](C)C(=O)N[C@H](CCC(=O)N[C@@H](CCC[C@@H](N)C(=O)O)C(=O)N[C@H](C)C(=O)N[C@H](C)C(=O)O)C(=O)O)[C@@H](NC(C)=O)C(O)O[C@@H]2CO)O[C@H](CO)[C@@H](O)[C@@H]1O. The number of aliphatic hydroxyl groups is 5. The van der Waals surface area contributed by atoms with Crippen molar-refractivity contribution in [3.8, 4) is 0 Å². The summed E-state index contributed by atoms with van der Waals surface area (Å²) in [5.74, 6) is -10.6. The fourth-order valence-corrected chi connectivity index (χ4v) is 7.03. The van der Waals surface area contributed by atoms with Crippen LogP contribution in [0, 0.1) is 0 Å². The Labute approximate surface area is 400 Å². The molecule has 30 heteroatoms. The molecule has 0 bridgehead atoms. The van der Waals surface area contributed by atoms with Gasteiger partial charge in [0.15, 0.2) is 12.6 Å². The number of amides is 7. The fourth-order valence-electron chi connectivity index (χ4n) is 7.03. The maximum atomic E-state index is 13.5. The molecule has 2 rings (SSSR count). The highest BCUT2D eigenvalue weighted by molar-refractivity contribution is 5.94. The minimum absolute atomic E-state index is 0.0215. The Kier molecular flexibility index (Phi) is 24.4. The van der Waals surface area contributed by atoms with Crippen molar-refractivity contribution in [2.75, 3.05) is 13.2 Å². The van der Waals surface area contributed by atoms with Crippen molar-refractivity contribution in [2.24, 2.45) is 5.73 Å². The summed E-state index contributed by atoms with van der Waals surface area (Å²) in [6.45, 7) is 5.12. The lowest BCUT2D eigenvalue weighted by atomic mass is 9.94. The molecule has 0 aromatic rings. The van der Waals surface area contributed by atoms with E-state index in [1.54, 1.807) is 0 Å². The second-order valence-corrected chi connectivity index (χ2v) is 16.7. The predicted molar refractivity (Wildman–Crippen MR) is 231 cm³/mol. The highest BCUT2D eigenvalue weighted by Gasteiger charge is 2.53. The van der Waals surface area contributed by atoms with Crippen molar-refractivity contribution < 1.29 is 108 Å². The van der Waals surface area contributed by atoms with Gasteiger partial charge in [-0.3, -0.25) is 43.2 Å². The van der Waals surface area contributed by atoms with Crippen LogP contribution in [0.5, 0.6) is 0 Å². The molecule has 0 aromatic heterocycles. The van der Waals surface area contributed by atoms with Crippen LogP contribution in [-0.4, -0.2) is 217 Å². The third kappa shape index (κ3) is 18.2. The van der Waals surface area contributed by atoms with Gasteiger partial charge in [0.25, 0.3) is 0 Å². The van der Waals surface area contributed by atoms with E-state index in [9.17, 15) is 78.6 Å². The van der Waals surface area contributed by atoms with E-state index in [2.05, 4.69) is 37.2 Å². The zero-order valence-corrected chi connectivity index (χ0v) is 39.1. The van der Waals surface area contributed by atoms with Crippen LogP contribution in [0.25, 0.3) is 0 Å². The average Bonchev–Trinajstić information content (AvgIpc) is 3.27. The fraction of sp³-hybridized carbons (Fsp3) is 0.750. The molecule has 0 spiro atoms. The van der Waals surface area contributed by atoms with E-state index >= 15 is 0 Å². The first-order valence-corrected chi connectivity index (χ1v) is 22.0. The maximum absolute atomic E-state index is 13.5. The van der Waals surface area contributed by atoms with E-state index in [1.165, 1.54) is 20.8 Å². The molecule has 0 saturated carbocycles. The molecule has 0 aliphatic carbocycles. The second kappa shape index (κ2) is 28.2. The number of hydrogen-bond acceptors (Lipinski definition) is 20. The van der Waals surface area contributed by atoms with Crippen molar-refractivity contribution in [3.05, 3.63) is 0 Å². The van der Waals surface area contributed by atoms with Crippen molar-refractivity contribution in [2.45, 2.75) is 177 Å². The minimum atomic E-state index is -1.92. The molecule has 70 heavy (non-hydrogen) atoms. The van der Waals surface area contributed by atoms with Gasteiger partial charge in [0.2, 0.25) is 41.4 Å². The van der Waals surface area contributed by atoms with Crippen LogP contribution < -0.4 is 43.0 Å². The third-order valence-corrected chi connectivity index (χ3v) is 11.0. The summed E-state index contributed by atoms with van der Waals surface area (Å²) in [6.07, 6.45) is -16.6. The molecule has 2 saturated heterocycles. The zero-order chi connectivity index (χ0) is 53.3. The van der Waals surface area contributed by atoms with Gasteiger partial charge in [0, 0.05) is 20.3 Å². The van der Waals surface area contributed by atoms with Gasteiger partial charge in [-0.05, 0) is 53.4 Å². The van der Waals surface area contributed by atoms with Crippen LogP contribution in [0.2, 0.25) is 0 Å². The van der Waals surface area contributed by atoms with Crippen LogP contribution in [0.15, 0.2) is 0 Å². The van der Waals surface area contributed by atoms with Crippen LogP contribution in [-0.2, 0) is 66.9 Å². The summed E-state index contributed by atoms with van der Waals surface area (Å²) in [4.78, 5) is 124. The number of aliphatic carboxylic acids is 3. The van der Waals surface area contributed by atoms with E-state index in [1.807, 2.05) is 0 Å². The first-order chi connectivity index (χ1) is 32.6. The molecular formula is C40H66N8O22. The molecule has 1 unspecified atom stereocenters. The van der Waals surface area contributed by atoms with Gasteiger partial charge in [-0.25, -0.2) is 4.79 Å². The number of hydrogen-bond donors (Lipinski definition) is 16. The van der Waals surface area contributed by atoms with Crippen molar-refractivity contribution in [1.29, 1.82) is 0 Å². The number of carbonyl (C=O) groups is 10. The largest absolute Gasteiger partial charge is 0.480 e. The average molecular weight is 1010 g/mol. The summed E-state index contributed by atoms with van der Waals surface area (Å²) in [5.41, 5.74) is 5.54. The number of nitrogens with two attached hydrogens (primary N) is 1. The number of carboxylic acids is 3. The number of aliphatic hydroxyl groups excluding tert-OH is 5. The van der Waals surface area contributed by atoms with Crippen LogP contribution >= 0.6 is 0 Å². The van der Waals surface area contributed by atoms with Crippen LogP contribution in [0.1, 0.15) is 73.6 Å². The number of nitrogens with one attached hydrogen (secondary N) is 7. The Morgan fingerprint density at radius 1 is 0.586 bits per heavy atom. The summed E-state index contributed by atoms with van der Waals surface area (Å²) in [7, 11) is 0. The predicted octanol–water partition coefficient (Wildman–Crippen LogP) is -7.68. The molecule has 2 aliphatic rings. The summed E-state index contributed by atoms with van der Waals surface area (Å²) in [5, 5.41) is 96.3. The van der Waals surface area contributed by atoms with E-state index in [-0.39, 0.29) is 19.3 Å². The Bertz CT molecular complexity index is 1860. The molecule has 2 heterocycles. The van der Waals surface area contributed by atoms with Crippen molar-refractivity contribution >= 4 is 59.3 Å². The van der Waals surface area contributed by atoms with Gasteiger partial charge in [0.05, 0.1) is 13.2 Å². The summed E-state index contributed by atoms with van der Waals surface area (Å²) < 4.78 is 23.1. The quantitative estimate of drug-likeness (QED) is 0.0363. The topological polar surface area (TPSA) is 480 Å². The number of ether oxygens (including phenoxy) is 4. The molecule has 30 nitrogen and oxygen atoms in total. The minimum Gasteiger partial charge on any atom is -0.480 e. The molecule has 2 aliphatic heterocycles. The Morgan fingerprint density at radius 3 is 1.66 bits per heavy atom. The lowest BCUT2D eigenvalue weighted by molar-refractivity contribution is -0.333.